The SMILES string of the molecule is COc1ccc(NC(=O)c2cc(Nc3cccc(C#N)c3)ncn2)c(OC)c1. The lowest BCUT2D eigenvalue weighted by atomic mass is 10.2. The molecule has 0 unspecified atom stereocenters. The van der Waals surface area contributed by atoms with Crippen LogP contribution in [0.15, 0.2) is 54.9 Å². The maximum absolute atomic E-state index is 12.6. The zero-order valence-electron chi connectivity index (χ0n) is 15.3. The Morgan fingerprint density at radius 3 is 2.68 bits per heavy atom. The number of carbonyl (C=O) groups is 1. The number of nitrogens with one attached hydrogen (secondary N) is 2. The molecule has 140 valence electrons. The van der Waals surface area contributed by atoms with Gasteiger partial charge in [-0.05, 0) is 30.3 Å². The number of methoxy groups -OCH3 is 2. The average Bonchev–Trinajstić information content (AvgIpc) is 2.74. The summed E-state index contributed by atoms with van der Waals surface area (Å²) in [6.45, 7) is 0. The van der Waals surface area contributed by atoms with Crippen LogP contribution in [0, 0.1) is 11.3 Å². The molecule has 0 radical (unpaired) electrons. The van der Waals surface area contributed by atoms with Gasteiger partial charge in [-0.1, -0.05) is 6.07 Å². The normalized spacial score (nSPS) is 9.89. The van der Waals surface area contributed by atoms with E-state index < -0.39 is 5.91 Å². The van der Waals surface area contributed by atoms with Gasteiger partial charge in [0.25, 0.3) is 5.91 Å². The van der Waals surface area contributed by atoms with E-state index in [1.807, 2.05) is 0 Å². The van der Waals surface area contributed by atoms with Crippen LogP contribution in [-0.4, -0.2) is 30.1 Å². The lowest BCUT2D eigenvalue weighted by molar-refractivity contribution is 0.102. The fraction of sp³-hybridized carbons (Fsp3) is 0.100. The summed E-state index contributed by atoms with van der Waals surface area (Å²) in [5.41, 5.74) is 1.86. The van der Waals surface area contributed by atoms with Crippen molar-refractivity contribution in [3.05, 3.63) is 66.1 Å². The van der Waals surface area contributed by atoms with E-state index in [1.54, 1.807) is 49.6 Å². The van der Waals surface area contributed by atoms with Gasteiger partial charge < -0.3 is 20.1 Å². The van der Waals surface area contributed by atoms with Gasteiger partial charge in [-0.3, -0.25) is 4.79 Å². The number of benzene rings is 2. The first-order valence-electron chi connectivity index (χ1n) is 8.25. The highest BCUT2D eigenvalue weighted by molar-refractivity contribution is 6.04. The Morgan fingerprint density at radius 1 is 1.07 bits per heavy atom. The molecule has 0 spiro atoms. The topological polar surface area (TPSA) is 109 Å². The second-order valence-electron chi connectivity index (χ2n) is 5.63. The van der Waals surface area contributed by atoms with Crippen LogP contribution < -0.4 is 20.1 Å². The molecule has 8 heteroatoms. The van der Waals surface area contributed by atoms with Crippen molar-refractivity contribution in [2.75, 3.05) is 24.9 Å². The zero-order valence-corrected chi connectivity index (χ0v) is 15.3. The minimum Gasteiger partial charge on any atom is -0.497 e. The largest absolute Gasteiger partial charge is 0.497 e. The molecule has 0 aliphatic heterocycles. The number of aromatic nitrogens is 2. The number of amides is 1. The van der Waals surface area contributed by atoms with E-state index in [1.165, 1.54) is 19.5 Å². The molecule has 1 aromatic heterocycles. The number of hydrogen-bond acceptors (Lipinski definition) is 7. The molecule has 8 nitrogen and oxygen atoms in total. The van der Waals surface area contributed by atoms with Gasteiger partial charge in [0.2, 0.25) is 0 Å². The first-order chi connectivity index (χ1) is 13.6. The lowest BCUT2D eigenvalue weighted by Crippen LogP contribution is -2.15. The first kappa shape index (κ1) is 18.7. The van der Waals surface area contributed by atoms with Crippen LogP contribution in [0.25, 0.3) is 0 Å². The number of nitrogens with zero attached hydrogens (tertiary/aromatic N) is 3. The third-order valence-corrected chi connectivity index (χ3v) is 3.82. The Morgan fingerprint density at radius 2 is 1.93 bits per heavy atom. The van der Waals surface area contributed by atoms with Gasteiger partial charge in [-0.25, -0.2) is 9.97 Å². The van der Waals surface area contributed by atoms with Gasteiger partial charge in [0.1, 0.15) is 29.3 Å². The maximum Gasteiger partial charge on any atom is 0.274 e. The van der Waals surface area contributed by atoms with Crippen LogP contribution in [0.5, 0.6) is 11.5 Å². The summed E-state index contributed by atoms with van der Waals surface area (Å²) >= 11 is 0. The number of nitriles is 1. The smallest absolute Gasteiger partial charge is 0.274 e. The minimum atomic E-state index is -0.417. The first-order valence-corrected chi connectivity index (χ1v) is 8.25. The fourth-order valence-electron chi connectivity index (χ4n) is 2.45. The number of ether oxygens (including phenoxy) is 2. The van der Waals surface area contributed by atoms with Gasteiger partial charge in [0.05, 0.1) is 31.5 Å². The van der Waals surface area contributed by atoms with E-state index in [0.29, 0.717) is 34.3 Å². The summed E-state index contributed by atoms with van der Waals surface area (Å²) in [6.07, 6.45) is 1.29. The van der Waals surface area contributed by atoms with Crippen molar-refractivity contribution in [1.82, 2.24) is 9.97 Å². The number of carbonyl (C=O) groups excluding carboxylic acids is 1. The van der Waals surface area contributed by atoms with E-state index in [2.05, 4.69) is 26.7 Å². The van der Waals surface area contributed by atoms with Gasteiger partial charge in [0, 0.05) is 17.8 Å². The van der Waals surface area contributed by atoms with E-state index in [0.717, 1.165) is 0 Å². The number of anilines is 3. The van der Waals surface area contributed by atoms with E-state index in [4.69, 9.17) is 14.7 Å². The Kier molecular flexibility index (Phi) is 5.67. The molecule has 0 aliphatic carbocycles. The van der Waals surface area contributed by atoms with Gasteiger partial charge in [0.15, 0.2) is 0 Å². The highest BCUT2D eigenvalue weighted by Gasteiger charge is 2.13. The maximum atomic E-state index is 12.6. The Bertz CT molecular complexity index is 1050. The van der Waals surface area contributed by atoms with Gasteiger partial charge in [-0.15, -0.1) is 0 Å². The quantitative estimate of drug-likeness (QED) is 0.680. The monoisotopic (exact) mass is 375 g/mol. The van der Waals surface area contributed by atoms with Crippen molar-refractivity contribution in [3.8, 4) is 17.6 Å². The standard InChI is InChI=1S/C20H17N5O3/c1-27-15-6-7-16(18(9-15)28-2)25-20(26)17-10-19(23-12-22-17)24-14-5-3-4-13(8-14)11-21/h3-10,12H,1-2H3,(H,25,26)(H,22,23,24). The molecule has 0 bridgehead atoms. The molecule has 1 heterocycles. The van der Waals surface area contributed by atoms with Crippen molar-refractivity contribution in [3.63, 3.8) is 0 Å². The van der Waals surface area contributed by atoms with Gasteiger partial charge in [-0.2, -0.15) is 5.26 Å². The summed E-state index contributed by atoms with van der Waals surface area (Å²) in [5, 5.41) is 14.8. The van der Waals surface area contributed by atoms with Crippen molar-refractivity contribution < 1.29 is 14.3 Å². The summed E-state index contributed by atoms with van der Waals surface area (Å²) in [5.74, 6) is 1.09. The number of rotatable bonds is 6. The number of hydrogen-bond donors (Lipinski definition) is 2. The third-order valence-electron chi connectivity index (χ3n) is 3.82. The molecule has 0 saturated carbocycles. The van der Waals surface area contributed by atoms with Crippen LogP contribution in [0.3, 0.4) is 0 Å². The molecule has 2 N–H and O–H groups in total. The lowest BCUT2D eigenvalue weighted by Gasteiger charge is -2.12. The van der Waals surface area contributed by atoms with Crippen molar-refractivity contribution in [2.24, 2.45) is 0 Å². The summed E-state index contributed by atoms with van der Waals surface area (Å²) in [4.78, 5) is 20.7. The molecule has 28 heavy (non-hydrogen) atoms. The third kappa shape index (κ3) is 4.34. The summed E-state index contributed by atoms with van der Waals surface area (Å²) in [7, 11) is 3.06. The fourth-order valence-corrected chi connectivity index (χ4v) is 2.45. The Labute approximate surface area is 161 Å². The molecule has 0 saturated heterocycles. The zero-order chi connectivity index (χ0) is 19.9. The Balaban J connectivity index is 1.78. The van der Waals surface area contributed by atoms with Crippen molar-refractivity contribution >= 4 is 23.1 Å². The highest BCUT2D eigenvalue weighted by Crippen LogP contribution is 2.29. The molecule has 3 aromatic rings. The molecular formula is C20H17N5O3. The van der Waals surface area contributed by atoms with Crippen LogP contribution in [-0.2, 0) is 0 Å². The molecular weight excluding hydrogens is 358 g/mol. The second kappa shape index (κ2) is 8.51. The van der Waals surface area contributed by atoms with Crippen LogP contribution >= 0.6 is 0 Å². The summed E-state index contributed by atoms with van der Waals surface area (Å²) < 4.78 is 10.4. The molecule has 0 fully saturated rings. The molecule has 1 amide bonds. The van der Waals surface area contributed by atoms with Crippen molar-refractivity contribution in [1.29, 1.82) is 5.26 Å². The van der Waals surface area contributed by atoms with E-state index in [9.17, 15) is 4.79 Å². The second-order valence-corrected chi connectivity index (χ2v) is 5.63. The predicted molar refractivity (Wildman–Crippen MR) is 104 cm³/mol. The van der Waals surface area contributed by atoms with Crippen LogP contribution in [0.4, 0.5) is 17.2 Å². The van der Waals surface area contributed by atoms with Gasteiger partial charge >= 0.3 is 0 Å². The molecule has 3 rings (SSSR count). The minimum absolute atomic E-state index is 0.173. The molecule has 0 atom stereocenters. The summed E-state index contributed by atoms with van der Waals surface area (Å²) in [6, 6.07) is 15.6. The molecule has 2 aromatic carbocycles. The average molecular weight is 375 g/mol. The Hall–Kier alpha value is -4.12. The van der Waals surface area contributed by atoms with E-state index in [-0.39, 0.29) is 5.69 Å². The van der Waals surface area contributed by atoms with Crippen LogP contribution in [0.2, 0.25) is 0 Å². The molecule has 0 aliphatic rings. The van der Waals surface area contributed by atoms with Crippen molar-refractivity contribution in [2.45, 2.75) is 0 Å². The highest BCUT2D eigenvalue weighted by atomic mass is 16.5. The van der Waals surface area contributed by atoms with Crippen LogP contribution in [0.1, 0.15) is 16.1 Å². The predicted octanol–water partition coefficient (Wildman–Crippen LogP) is 3.36. The van der Waals surface area contributed by atoms with E-state index >= 15 is 0 Å².